The smallest absolute Gasteiger partial charge is 0.267 e. The van der Waals surface area contributed by atoms with Gasteiger partial charge in [0.2, 0.25) is 11.7 Å². The van der Waals surface area contributed by atoms with Crippen LogP contribution in [0.5, 0.6) is 5.88 Å². The maximum absolute atomic E-state index is 8.89. The first-order valence-corrected chi connectivity index (χ1v) is 7.14. The summed E-state index contributed by atoms with van der Waals surface area (Å²) >= 11 is 5.86. The third kappa shape index (κ3) is 2.99. The number of aliphatic hydroxyl groups excluding tert-OH is 1. The highest BCUT2D eigenvalue weighted by molar-refractivity contribution is 6.30. The molecule has 2 heterocycles. The van der Waals surface area contributed by atoms with E-state index in [1.54, 1.807) is 31.3 Å². The van der Waals surface area contributed by atoms with Gasteiger partial charge in [-0.25, -0.2) is 4.68 Å². The first kappa shape index (κ1) is 15.3. The first-order chi connectivity index (χ1) is 11.1. The van der Waals surface area contributed by atoms with Crippen molar-refractivity contribution in [2.24, 2.45) is 7.05 Å². The fourth-order valence-corrected chi connectivity index (χ4v) is 2.12. The van der Waals surface area contributed by atoms with Gasteiger partial charge in [0.25, 0.3) is 5.89 Å². The van der Waals surface area contributed by atoms with E-state index >= 15 is 0 Å². The lowest BCUT2D eigenvalue weighted by atomic mass is 10.2. The number of benzene rings is 1. The topological polar surface area (TPSA) is 112 Å². The van der Waals surface area contributed by atoms with Gasteiger partial charge >= 0.3 is 0 Å². The van der Waals surface area contributed by atoms with Gasteiger partial charge < -0.3 is 20.1 Å². The predicted molar refractivity (Wildman–Crippen MR) is 83.9 cm³/mol. The average molecular weight is 336 g/mol. The summed E-state index contributed by atoms with van der Waals surface area (Å²) in [7, 11) is 1.67. The third-order valence-corrected chi connectivity index (χ3v) is 3.38. The molecule has 0 saturated heterocycles. The van der Waals surface area contributed by atoms with Crippen molar-refractivity contribution < 1.29 is 14.4 Å². The maximum atomic E-state index is 8.89. The zero-order chi connectivity index (χ0) is 16.4. The van der Waals surface area contributed by atoms with E-state index in [1.807, 2.05) is 0 Å². The molecule has 0 fully saturated rings. The number of hydrogen-bond acceptors (Lipinski definition) is 7. The molecule has 1 aromatic carbocycles. The van der Waals surface area contributed by atoms with Crippen LogP contribution in [0.4, 0.5) is 5.82 Å². The van der Waals surface area contributed by atoms with Crippen LogP contribution in [0.2, 0.25) is 5.02 Å². The molecule has 120 valence electrons. The van der Waals surface area contributed by atoms with E-state index in [9.17, 15) is 0 Å². The number of nitrogens with zero attached hydrogens (tertiary/aromatic N) is 4. The van der Waals surface area contributed by atoms with Crippen LogP contribution in [-0.4, -0.2) is 38.2 Å². The summed E-state index contributed by atoms with van der Waals surface area (Å²) in [6.45, 7) is -0.0581. The molecule has 0 spiro atoms. The van der Waals surface area contributed by atoms with E-state index < -0.39 is 0 Å². The Hall–Kier alpha value is -2.58. The van der Waals surface area contributed by atoms with Crippen molar-refractivity contribution in [2.75, 3.05) is 18.9 Å². The molecular weight excluding hydrogens is 322 g/mol. The number of nitrogens with two attached hydrogens (primary N) is 1. The largest absolute Gasteiger partial charge is 0.474 e. The second-order valence-corrected chi connectivity index (χ2v) is 5.13. The molecule has 0 aliphatic rings. The van der Waals surface area contributed by atoms with Gasteiger partial charge in [-0.3, -0.25) is 0 Å². The molecule has 0 atom stereocenters. The van der Waals surface area contributed by atoms with Gasteiger partial charge in [0, 0.05) is 17.6 Å². The minimum absolute atomic E-state index is 0.0850. The van der Waals surface area contributed by atoms with Gasteiger partial charge in [-0.1, -0.05) is 16.8 Å². The monoisotopic (exact) mass is 335 g/mol. The lowest BCUT2D eigenvalue weighted by Crippen LogP contribution is -2.03. The van der Waals surface area contributed by atoms with Crippen LogP contribution in [0.1, 0.15) is 0 Å². The van der Waals surface area contributed by atoms with E-state index in [-0.39, 0.29) is 25.0 Å². The van der Waals surface area contributed by atoms with Crippen LogP contribution >= 0.6 is 11.6 Å². The lowest BCUT2D eigenvalue weighted by Gasteiger charge is -2.00. The molecule has 0 bridgehead atoms. The summed E-state index contributed by atoms with van der Waals surface area (Å²) in [4.78, 5) is 4.33. The summed E-state index contributed by atoms with van der Waals surface area (Å²) in [6, 6.07) is 7.04. The maximum Gasteiger partial charge on any atom is 0.267 e. The Bertz CT molecular complexity index is 812. The zero-order valence-electron chi connectivity index (χ0n) is 12.2. The molecule has 3 rings (SSSR count). The number of aromatic nitrogens is 4. The van der Waals surface area contributed by atoms with Crippen LogP contribution in [-0.2, 0) is 7.05 Å². The average Bonchev–Trinajstić information content (AvgIpc) is 3.12. The molecule has 23 heavy (non-hydrogen) atoms. The van der Waals surface area contributed by atoms with Crippen molar-refractivity contribution in [3.05, 3.63) is 29.3 Å². The lowest BCUT2D eigenvalue weighted by molar-refractivity contribution is 0.196. The van der Waals surface area contributed by atoms with Gasteiger partial charge in [0.15, 0.2) is 0 Å². The highest BCUT2D eigenvalue weighted by Gasteiger charge is 2.23. The Balaban J connectivity index is 1.98. The van der Waals surface area contributed by atoms with Crippen molar-refractivity contribution in [3.8, 4) is 28.7 Å². The standard InChI is InChI=1S/C14H14ClN5O3/c1-20-11(16)10(14(18-20)22-7-6-21)13-17-12(19-23-13)8-2-4-9(15)5-3-8/h2-5,21H,6-7,16H2,1H3. The molecule has 8 nitrogen and oxygen atoms in total. The van der Waals surface area contributed by atoms with Gasteiger partial charge in [0.1, 0.15) is 18.0 Å². The van der Waals surface area contributed by atoms with E-state index in [0.717, 1.165) is 5.56 Å². The molecule has 0 radical (unpaired) electrons. The summed E-state index contributed by atoms with van der Waals surface area (Å²) in [5.74, 6) is 1.14. The first-order valence-electron chi connectivity index (χ1n) is 6.76. The summed E-state index contributed by atoms with van der Waals surface area (Å²) < 4.78 is 12.1. The predicted octanol–water partition coefficient (Wildman–Crippen LogP) is 1.74. The van der Waals surface area contributed by atoms with Crippen LogP contribution in [0.3, 0.4) is 0 Å². The second-order valence-electron chi connectivity index (χ2n) is 4.69. The molecule has 0 aliphatic carbocycles. The Morgan fingerprint density at radius 1 is 1.35 bits per heavy atom. The minimum Gasteiger partial charge on any atom is -0.474 e. The van der Waals surface area contributed by atoms with E-state index in [2.05, 4.69) is 15.2 Å². The van der Waals surface area contributed by atoms with Crippen molar-refractivity contribution in [1.82, 2.24) is 19.9 Å². The molecule has 3 N–H and O–H groups in total. The molecule has 2 aromatic heterocycles. The third-order valence-electron chi connectivity index (χ3n) is 3.13. The number of rotatable bonds is 5. The fraction of sp³-hybridized carbons (Fsp3) is 0.214. The van der Waals surface area contributed by atoms with Crippen LogP contribution in [0, 0.1) is 0 Å². The fourth-order valence-electron chi connectivity index (χ4n) is 2.00. The summed E-state index contributed by atoms with van der Waals surface area (Å²) in [5.41, 5.74) is 7.14. The Morgan fingerprint density at radius 2 is 2.09 bits per heavy atom. The normalized spacial score (nSPS) is 10.9. The van der Waals surface area contributed by atoms with Crippen LogP contribution in [0.15, 0.2) is 28.8 Å². The highest BCUT2D eigenvalue weighted by atomic mass is 35.5. The van der Waals surface area contributed by atoms with Crippen molar-refractivity contribution in [3.63, 3.8) is 0 Å². The number of aryl methyl sites for hydroxylation is 1. The molecular formula is C14H14ClN5O3. The van der Waals surface area contributed by atoms with E-state index in [0.29, 0.717) is 22.2 Å². The van der Waals surface area contributed by atoms with Gasteiger partial charge in [0.05, 0.1) is 6.61 Å². The second kappa shape index (κ2) is 6.27. The van der Waals surface area contributed by atoms with E-state index in [1.165, 1.54) is 4.68 Å². The molecule has 3 aromatic rings. The number of ether oxygens (including phenoxy) is 1. The quantitative estimate of drug-likeness (QED) is 0.730. The molecule has 0 unspecified atom stereocenters. The Morgan fingerprint density at radius 3 is 2.78 bits per heavy atom. The van der Waals surface area contributed by atoms with Crippen LogP contribution in [0.25, 0.3) is 22.8 Å². The Kier molecular flexibility index (Phi) is 4.18. The molecule has 0 amide bonds. The van der Waals surface area contributed by atoms with E-state index in [4.69, 9.17) is 31.7 Å². The molecule has 0 aliphatic heterocycles. The number of hydrogen-bond donors (Lipinski definition) is 2. The number of halogens is 1. The van der Waals surface area contributed by atoms with Crippen molar-refractivity contribution in [2.45, 2.75) is 0 Å². The van der Waals surface area contributed by atoms with Gasteiger partial charge in [-0.15, -0.1) is 5.10 Å². The summed E-state index contributed by atoms with van der Waals surface area (Å²) in [6.07, 6.45) is 0. The number of nitrogen functional groups attached to an aromatic ring is 1. The number of anilines is 1. The zero-order valence-corrected chi connectivity index (χ0v) is 13.0. The minimum atomic E-state index is -0.143. The highest BCUT2D eigenvalue weighted by Crippen LogP contribution is 2.34. The number of aliphatic hydroxyl groups is 1. The Labute approximate surface area is 136 Å². The SMILES string of the molecule is Cn1nc(OCCO)c(-c2nc(-c3ccc(Cl)cc3)no2)c1N. The van der Waals surface area contributed by atoms with Gasteiger partial charge in [-0.05, 0) is 24.3 Å². The van der Waals surface area contributed by atoms with Crippen molar-refractivity contribution in [1.29, 1.82) is 0 Å². The molecule has 9 heteroatoms. The summed E-state index contributed by atoms with van der Waals surface area (Å²) in [5, 5.41) is 17.6. The molecule has 0 saturated carbocycles. The van der Waals surface area contributed by atoms with Crippen molar-refractivity contribution >= 4 is 17.4 Å². The van der Waals surface area contributed by atoms with Crippen LogP contribution < -0.4 is 10.5 Å². The van der Waals surface area contributed by atoms with Gasteiger partial charge in [-0.2, -0.15) is 4.98 Å².